The number of ether oxygens (including phenoxy) is 2. The van der Waals surface area contributed by atoms with Crippen molar-refractivity contribution in [2.24, 2.45) is 11.8 Å². The first-order valence-electron chi connectivity index (χ1n) is 9.63. The molecule has 3 N–H and O–H groups in total. The van der Waals surface area contributed by atoms with Gasteiger partial charge in [0.25, 0.3) is 0 Å². The Hall–Kier alpha value is -3.59. The van der Waals surface area contributed by atoms with Gasteiger partial charge >= 0.3 is 5.97 Å². The van der Waals surface area contributed by atoms with E-state index in [0.29, 0.717) is 11.5 Å². The standard InChI is InChI=1S/C22H22N2O7/c1-22(21(28)29)17-16(18(23-22)12-10-11(30-2)8-9-14(12)25)19(26)24(20(17)27)13-6-4-5-7-15(13)31-3/h4-10,16-18,23,25H,1-3H3,(H,28,29)/t16-,17-,18+,22+/m1/s1. The Morgan fingerprint density at radius 3 is 2.45 bits per heavy atom. The number of hydrogen-bond donors (Lipinski definition) is 3. The number of amides is 2. The van der Waals surface area contributed by atoms with Crippen molar-refractivity contribution in [2.45, 2.75) is 18.5 Å². The SMILES string of the molecule is COc1ccc(O)c([C@@H]2N[C@](C)(C(=O)O)[C@H]3C(=O)N(c4ccccc4OC)C(=O)[C@@H]23)c1. The number of imide groups is 1. The van der Waals surface area contributed by atoms with Crippen molar-refractivity contribution in [2.75, 3.05) is 19.1 Å². The Bertz CT molecular complexity index is 1090. The molecule has 0 aliphatic carbocycles. The van der Waals surface area contributed by atoms with Gasteiger partial charge in [0.15, 0.2) is 0 Å². The molecular weight excluding hydrogens is 404 g/mol. The highest BCUT2D eigenvalue weighted by Crippen LogP contribution is 2.52. The van der Waals surface area contributed by atoms with Gasteiger partial charge in [0, 0.05) is 11.6 Å². The van der Waals surface area contributed by atoms with Crippen molar-refractivity contribution in [1.82, 2.24) is 5.32 Å². The van der Waals surface area contributed by atoms with Gasteiger partial charge in [0.1, 0.15) is 22.8 Å². The van der Waals surface area contributed by atoms with E-state index in [1.165, 1.54) is 33.3 Å². The van der Waals surface area contributed by atoms with Crippen LogP contribution in [0.4, 0.5) is 5.69 Å². The first-order valence-corrected chi connectivity index (χ1v) is 9.63. The Labute approximate surface area is 178 Å². The molecule has 2 aliphatic heterocycles. The quantitative estimate of drug-likeness (QED) is 0.617. The van der Waals surface area contributed by atoms with Crippen molar-refractivity contribution >= 4 is 23.5 Å². The highest BCUT2D eigenvalue weighted by Gasteiger charge is 2.67. The molecule has 9 heteroatoms. The Morgan fingerprint density at radius 1 is 1.10 bits per heavy atom. The number of aromatic hydroxyl groups is 1. The maximum atomic E-state index is 13.5. The predicted octanol–water partition coefficient (Wildman–Crippen LogP) is 1.70. The van der Waals surface area contributed by atoms with Crippen LogP contribution in [0.5, 0.6) is 17.2 Å². The molecule has 2 aromatic rings. The van der Waals surface area contributed by atoms with E-state index in [2.05, 4.69) is 5.32 Å². The Balaban J connectivity index is 1.87. The number of carbonyl (C=O) groups excluding carboxylic acids is 2. The molecule has 0 saturated carbocycles. The molecule has 2 heterocycles. The highest BCUT2D eigenvalue weighted by molar-refractivity contribution is 6.24. The zero-order valence-electron chi connectivity index (χ0n) is 17.2. The molecule has 0 spiro atoms. The molecule has 0 aromatic heterocycles. The van der Waals surface area contributed by atoms with Gasteiger partial charge in [-0.15, -0.1) is 0 Å². The van der Waals surface area contributed by atoms with Gasteiger partial charge in [-0.05, 0) is 37.3 Å². The van der Waals surface area contributed by atoms with Crippen LogP contribution >= 0.6 is 0 Å². The summed E-state index contributed by atoms with van der Waals surface area (Å²) in [6, 6.07) is 10.1. The molecule has 0 radical (unpaired) electrons. The molecule has 2 aliphatic rings. The average molecular weight is 426 g/mol. The predicted molar refractivity (Wildman–Crippen MR) is 109 cm³/mol. The summed E-state index contributed by atoms with van der Waals surface area (Å²) >= 11 is 0. The number of methoxy groups -OCH3 is 2. The zero-order valence-corrected chi connectivity index (χ0v) is 17.2. The van der Waals surface area contributed by atoms with E-state index in [0.717, 1.165) is 4.90 Å². The molecule has 2 aromatic carbocycles. The minimum Gasteiger partial charge on any atom is -0.508 e. The Kier molecular flexibility index (Phi) is 4.85. The van der Waals surface area contributed by atoms with E-state index in [-0.39, 0.29) is 17.0 Å². The molecule has 2 fully saturated rings. The molecule has 31 heavy (non-hydrogen) atoms. The molecule has 0 unspecified atom stereocenters. The number of carboxylic acids is 1. The van der Waals surface area contributed by atoms with Gasteiger partial charge in [0.2, 0.25) is 11.8 Å². The van der Waals surface area contributed by atoms with Crippen LogP contribution in [-0.2, 0) is 14.4 Å². The number of phenolic OH excluding ortho intramolecular Hbond substituents is 1. The van der Waals surface area contributed by atoms with E-state index in [9.17, 15) is 24.6 Å². The van der Waals surface area contributed by atoms with E-state index in [4.69, 9.17) is 9.47 Å². The van der Waals surface area contributed by atoms with Gasteiger partial charge < -0.3 is 19.7 Å². The number of carboxylic acid groups (broad SMARTS) is 1. The number of aliphatic carboxylic acids is 1. The van der Waals surface area contributed by atoms with Crippen LogP contribution in [0.25, 0.3) is 0 Å². The monoisotopic (exact) mass is 426 g/mol. The number of nitrogens with zero attached hydrogens (tertiary/aromatic N) is 1. The third-order valence-corrected chi connectivity index (χ3v) is 6.13. The van der Waals surface area contributed by atoms with E-state index >= 15 is 0 Å². The second-order valence-corrected chi connectivity index (χ2v) is 7.74. The Morgan fingerprint density at radius 2 is 1.81 bits per heavy atom. The molecular formula is C22H22N2O7. The number of rotatable bonds is 5. The number of hydrogen-bond acceptors (Lipinski definition) is 7. The fraction of sp³-hybridized carbons (Fsp3) is 0.318. The number of anilines is 1. The van der Waals surface area contributed by atoms with Gasteiger partial charge in [-0.3, -0.25) is 19.7 Å². The van der Waals surface area contributed by atoms with Crippen LogP contribution < -0.4 is 19.7 Å². The maximum absolute atomic E-state index is 13.5. The number of benzene rings is 2. The lowest BCUT2D eigenvalue weighted by Gasteiger charge is -2.28. The second kappa shape index (κ2) is 7.28. The lowest BCUT2D eigenvalue weighted by molar-refractivity contribution is -0.147. The minimum atomic E-state index is -1.73. The van der Waals surface area contributed by atoms with Gasteiger partial charge in [-0.25, -0.2) is 4.90 Å². The fourth-order valence-corrected chi connectivity index (χ4v) is 4.56. The highest BCUT2D eigenvalue weighted by atomic mass is 16.5. The van der Waals surface area contributed by atoms with Crippen LogP contribution in [-0.4, -0.2) is 47.8 Å². The van der Waals surface area contributed by atoms with Crippen molar-refractivity contribution in [3.63, 3.8) is 0 Å². The number of phenols is 1. The first kappa shape index (κ1) is 20.7. The fourth-order valence-electron chi connectivity index (χ4n) is 4.56. The molecule has 4 rings (SSSR count). The molecule has 2 saturated heterocycles. The third kappa shape index (κ3) is 2.92. The number of nitrogens with one attached hydrogen (secondary N) is 1. The molecule has 162 valence electrons. The summed E-state index contributed by atoms with van der Waals surface area (Å²) in [6.07, 6.45) is 0. The van der Waals surface area contributed by atoms with Crippen LogP contribution in [0.1, 0.15) is 18.5 Å². The lowest BCUT2D eigenvalue weighted by Crippen LogP contribution is -2.53. The number of para-hydroxylation sites is 2. The summed E-state index contributed by atoms with van der Waals surface area (Å²) in [5.74, 6) is -4.10. The average Bonchev–Trinajstić information content (AvgIpc) is 3.22. The van der Waals surface area contributed by atoms with Crippen molar-refractivity contribution in [3.05, 3.63) is 48.0 Å². The van der Waals surface area contributed by atoms with E-state index in [1.54, 1.807) is 30.3 Å². The largest absolute Gasteiger partial charge is 0.508 e. The van der Waals surface area contributed by atoms with Crippen LogP contribution in [0, 0.1) is 11.8 Å². The van der Waals surface area contributed by atoms with Crippen molar-refractivity contribution in [1.29, 1.82) is 0 Å². The molecule has 2 amide bonds. The van der Waals surface area contributed by atoms with Crippen LogP contribution in [0.3, 0.4) is 0 Å². The van der Waals surface area contributed by atoms with Gasteiger partial charge in [-0.1, -0.05) is 12.1 Å². The smallest absolute Gasteiger partial charge is 0.324 e. The zero-order chi connectivity index (χ0) is 22.5. The molecule has 9 nitrogen and oxygen atoms in total. The summed E-state index contributed by atoms with van der Waals surface area (Å²) in [5.41, 5.74) is -1.20. The second-order valence-electron chi connectivity index (χ2n) is 7.74. The summed E-state index contributed by atoms with van der Waals surface area (Å²) in [6.45, 7) is 1.38. The normalized spacial score (nSPS) is 27.3. The van der Waals surface area contributed by atoms with Gasteiger partial charge in [0.05, 0.1) is 31.7 Å². The summed E-state index contributed by atoms with van der Waals surface area (Å²) in [7, 11) is 2.88. The van der Waals surface area contributed by atoms with Crippen molar-refractivity contribution < 1.29 is 34.1 Å². The summed E-state index contributed by atoms with van der Waals surface area (Å²) in [5, 5.41) is 23.3. The van der Waals surface area contributed by atoms with Crippen LogP contribution in [0.2, 0.25) is 0 Å². The summed E-state index contributed by atoms with van der Waals surface area (Å²) < 4.78 is 10.5. The minimum absolute atomic E-state index is 0.136. The topological polar surface area (TPSA) is 125 Å². The first-order chi connectivity index (χ1) is 14.7. The molecule has 4 atom stereocenters. The number of fused-ring (bicyclic) bond motifs is 1. The molecule has 0 bridgehead atoms. The van der Waals surface area contributed by atoms with Crippen LogP contribution in [0.15, 0.2) is 42.5 Å². The lowest BCUT2D eigenvalue weighted by atomic mass is 9.80. The van der Waals surface area contributed by atoms with Gasteiger partial charge in [-0.2, -0.15) is 0 Å². The van der Waals surface area contributed by atoms with Crippen molar-refractivity contribution in [3.8, 4) is 17.2 Å². The maximum Gasteiger partial charge on any atom is 0.324 e. The van der Waals surface area contributed by atoms with E-state index in [1.807, 2.05) is 0 Å². The van der Waals surface area contributed by atoms with E-state index < -0.39 is 41.2 Å². The number of carbonyl (C=O) groups is 3. The summed E-state index contributed by atoms with van der Waals surface area (Å²) in [4.78, 5) is 40.2. The third-order valence-electron chi connectivity index (χ3n) is 6.13.